The van der Waals surface area contributed by atoms with Crippen LogP contribution in [0.15, 0.2) is 114 Å². The van der Waals surface area contributed by atoms with Gasteiger partial charge in [0.2, 0.25) is 0 Å². The molecule has 0 saturated carbocycles. The predicted octanol–water partition coefficient (Wildman–Crippen LogP) is 4.14. The van der Waals surface area contributed by atoms with Crippen LogP contribution in [0.2, 0.25) is 0 Å². The number of nitrogens with one attached hydrogen (secondary N) is 1. The molecule has 0 amide bonds. The number of aryl methyl sites for hydroxylation is 2. The average Bonchev–Trinajstić information content (AvgIpc) is 2.88. The highest BCUT2D eigenvalue weighted by Crippen LogP contribution is 2.25. The zero-order valence-corrected chi connectivity index (χ0v) is 22.2. The molecule has 0 heterocycles. The van der Waals surface area contributed by atoms with E-state index in [-0.39, 0.29) is 11.4 Å². The Bertz CT molecular complexity index is 1330. The van der Waals surface area contributed by atoms with Gasteiger partial charge in [-0.1, -0.05) is 90.5 Å². The molecule has 0 aliphatic carbocycles. The molecule has 4 aromatic rings. The molecule has 6 heteroatoms. The van der Waals surface area contributed by atoms with E-state index >= 15 is 0 Å². The van der Waals surface area contributed by atoms with E-state index in [4.69, 9.17) is 0 Å². The molecule has 4 aromatic carbocycles. The van der Waals surface area contributed by atoms with Gasteiger partial charge in [-0.3, -0.25) is 4.31 Å². The molecule has 0 saturated heterocycles. The second-order valence-corrected chi connectivity index (χ2v) is 11.5. The van der Waals surface area contributed by atoms with Gasteiger partial charge in [0.15, 0.2) is 0 Å². The van der Waals surface area contributed by atoms with Crippen LogP contribution >= 0.6 is 0 Å². The smallest absolute Gasteiger partial charge is 0.264 e. The summed E-state index contributed by atoms with van der Waals surface area (Å²) in [6.07, 6.45) is -0.872. The molecule has 0 aliphatic heterocycles. The third-order valence-electron chi connectivity index (χ3n) is 6.39. The van der Waals surface area contributed by atoms with E-state index in [9.17, 15) is 13.5 Å². The third-order valence-corrected chi connectivity index (χ3v) is 8.20. The highest BCUT2D eigenvalue weighted by Gasteiger charge is 2.29. The topological polar surface area (TPSA) is 62.0 Å². The van der Waals surface area contributed by atoms with Crippen molar-refractivity contribution in [1.29, 1.82) is 0 Å². The molecular formula is C31H35N2O3S+. The molecule has 2 N–H and O–H groups in total. The van der Waals surface area contributed by atoms with Crippen LogP contribution in [0.5, 0.6) is 0 Å². The average molecular weight is 516 g/mol. The lowest BCUT2D eigenvalue weighted by Crippen LogP contribution is -3.10. The Balaban J connectivity index is 1.60. The summed E-state index contributed by atoms with van der Waals surface area (Å²) >= 11 is 0. The first-order valence-electron chi connectivity index (χ1n) is 12.6. The van der Waals surface area contributed by atoms with E-state index in [1.54, 1.807) is 30.3 Å². The van der Waals surface area contributed by atoms with Crippen molar-refractivity contribution in [3.8, 4) is 0 Å². The van der Waals surface area contributed by atoms with Crippen LogP contribution in [0.3, 0.4) is 0 Å². The fourth-order valence-corrected chi connectivity index (χ4v) is 6.02. The van der Waals surface area contributed by atoms with Gasteiger partial charge in [-0.05, 0) is 43.7 Å². The second kappa shape index (κ2) is 12.2. The second-order valence-electron chi connectivity index (χ2n) is 9.62. The Morgan fingerprint density at radius 2 is 1.30 bits per heavy atom. The summed E-state index contributed by atoms with van der Waals surface area (Å²) in [5.74, 6) is 0. The largest absolute Gasteiger partial charge is 0.385 e. The Labute approximate surface area is 220 Å². The fourth-order valence-electron chi connectivity index (χ4n) is 4.53. The molecule has 37 heavy (non-hydrogen) atoms. The van der Waals surface area contributed by atoms with Gasteiger partial charge in [-0.2, -0.15) is 0 Å². The molecule has 192 valence electrons. The molecular weight excluding hydrogens is 480 g/mol. The quantitative estimate of drug-likeness (QED) is 0.316. The van der Waals surface area contributed by atoms with Gasteiger partial charge < -0.3 is 10.0 Å². The first-order chi connectivity index (χ1) is 17.8. The van der Waals surface area contributed by atoms with Crippen LogP contribution in [-0.2, 0) is 23.1 Å². The Hall–Kier alpha value is -3.45. The SMILES string of the molecule is Cc1ccc(S(=O)(=O)N(C[C@@H](O)C[NH+](Cc2ccccc2)Cc2ccccc2)c2cccc(C)c2)cc1. The molecule has 5 nitrogen and oxygen atoms in total. The number of quaternary nitrogens is 1. The number of aliphatic hydroxyl groups is 1. The zero-order valence-electron chi connectivity index (χ0n) is 21.4. The maximum absolute atomic E-state index is 13.8. The molecule has 0 aliphatic rings. The van der Waals surface area contributed by atoms with Crippen LogP contribution in [0.1, 0.15) is 22.3 Å². The normalized spacial score (nSPS) is 12.4. The summed E-state index contributed by atoms with van der Waals surface area (Å²) in [5, 5.41) is 11.3. The van der Waals surface area contributed by atoms with Crippen molar-refractivity contribution in [1.82, 2.24) is 0 Å². The summed E-state index contributed by atoms with van der Waals surface area (Å²) in [7, 11) is -3.87. The molecule has 0 spiro atoms. The van der Waals surface area contributed by atoms with E-state index in [1.165, 1.54) is 15.4 Å². The number of benzene rings is 4. The number of nitrogens with zero attached hydrogens (tertiary/aromatic N) is 1. The minimum Gasteiger partial charge on any atom is -0.385 e. The van der Waals surface area contributed by atoms with Crippen molar-refractivity contribution in [3.63, 3.8) is 0 Å². The van der Waals surface area contributed by atoms with E-state index in [1.807, 2.05) is 68.4 Å². The first kappa shape index (κ1) is 26.6. The summed E-state index contributed by atoms with van der Waals surface area (Å²) in [6, 6.07) is 34.6. The Morgan fingerprint density at radius 3 is 1.84 bits per heavy atom. The van der Waals surface area contributed by atoms with Crippen molar-refractivity contribution in [3.05, 3.63) is 131 Å². The summed E-state index contributed by atoms with van der Waals surface area (Å²) in [5.41, 5.74) is 4.83. The van der Waals surface area contributed by atoms with E-state index < -0.39 is 16.1 Å². The number of hydrogen-bond acceptors (Lipinski definition) is 3. The number of aliphatic hydroxyl groups excluding tert-OH is 1. The van der Waals surface area contributed by atoms with Crippen LogP contribution in [0, 0.1) is 13.8 Å². The van der Waals surface area contributed by atoms with Gasteiger partial charge in [-0.25, -0.2) is 8.42 Å². The minimum absolute atomic E-state index is 0.0350. The highest BCUT2D eigenvalue weighted by atomic mass is 32.2. The van der Waals surface area contributed by atoms with Gasteiger partial charge in [0.25, 0.3) is 10.0 Å². The maximum Gasteiger partial charge on any atom is 0.264 e. The predicted molar refractivity (Wildman–Crippen MR) is 149 cm³/mol. The van der Waals surface area contributed by atoms with Gasteiger partial charge in [0.1, 0.15) is 25.7 Å². The van der Waals surface area contributed by atoms with Crippen LogP contribution in [-0.4, -0.2) is 32.7 Å². The molecule has 4 rings (SSSR count). The van der Waals surface area contributed by atoms with Crippen molar-refractivity contribution in [2.24, 2.45) is 0 Å². The van der Waals surface area contributed by atoms with Gasteiger partial charge in [0.05, 0.1) is 17.1 Å². The van der Waals surface area contributed by atoms with Gasteiger partial charge in [0, 0.05) is 11.1 Å². The van der Waals surface area contributed by atoms with E-state index in [0.29, 0.717) is 12.2 Å². The zero-order chi connectivity index (χ0) is 26.3. The van der Waals surface area contributed by atoms with Gasteiger partial charge >= 0.3 is 0 Å². The minimum atomic E-state index is -3.87. The van der Waals surface area contributed by atoms with E-state index in [2.05, 4.69) is 24.3 Å². The summed E-state index contributed by atoms with van der Waals surface area (Å²) in [4.78, 5) is 1.37. The van der Waals surface area contributed by atoms with Crippen LogP contribution < -0.4 is 9.21 Å². The molecule has 0 unspecified atom stereocenters. The highest BCUT2D eigenvalue weighted by molar-refractivity contribution is 7.92. The van der Waals surface area contributed by atoms with Crippen molar-refractivity contribution in [2.75, 3.05) is 17.4 Å². The number of sulfonamides is 1. The number of hydrogen-bond donors (Lipinski definition) is 2. The number of rotatable bonds is 11. The molecule has 0 bridgehead atoms. The van der Waals surface area contributed by atoms with E-state index in [0.717, 1.165) is 29.1 Å². The van der Waals surface area contributed by atoms with Crippen LogP contribution in [0.4, 0.5) is 5.69 Å². The van der Waals surface area contributed by atoms with Crippen molar-refractivity contribution in [2.45, 2.75) is 37.9 Å². The monoisotopic (exact) mass is 515 g/mol. The lowest BCUT2D eigenvalue weighted by molar-refractivity contribution is -0.930. The lowest BCUT2D eigenvalue weighted by atomic mass is 10.1. The Kier molecular flexibility index (Phi) is 8.77. The molecule has 0 radical (unpaired) electrons. The van der Waals surface area contributed by atoms with Crippen LogP contribution in [0.25, 0.3) is 0 Å². The summed E-state index contributed by atoms with van der Waals surface area (Å²) in [6.45, 7) is 5.67. The maximum atomic E-state index is 13.8. The lowest BCUT2D eigenvalue weighted by Gasteiger charge is -2.29. The number of anilines is 1. The molecule has 0 aromatic heterocycles. The first-order valence-corrected chi connectivity index (χ1v) is 14.0. The van der Waals surface area contributed by atoms with Crippen molar-refractivity contribution >= 4 is 15.7 Å². The standard InChI is InChI=1S/C31H34N2O3S/c1-25-16-18-31(19-17-25)37(35,36)33(29-15-9-10-26(2)20-29)24-30(34)23-32(21-27-11-5-3-6-12-27)22-28-13-7-4-8-14-28/h3-20,30,34H,21-24H2,1-2H3/p+1/t30-/m0/s1. The molecule has 0 fully saturated rings. The van der Waals surface area contributed by atoms with Crippen molar-refractivity contribution < 1.29 is 18.4 Å². The summed E-state index contributed by atoms with van der Waals surface area (Å²) < 4.78 is 28.9. The van der Waals surface area contributed by atoms with Gasteiger partial charge in [-0.15, -0.1) is 0 Å². The third kappa shape index (κ3) is 7.29. The molecule has 1 atom stereocenters. The fraction of sp³-hybridized carbons (Fsp3) is 0.226. The Morgan fingerprint density at radius 1 is 0.730 bits per heavy atom.